The second-order valence-corrected chi connectivity index (χ2v) is 6.88. The number of fused-ring (bicyclic) bond motifs is 1. The number of aryl methyl sites for hydroxylation is 2. The fraction of sp³-hybridized carbons (Fsp3) is 0.118. The van der Waals surface area contributed by atoms with Gasteiger partial charge < -0.3 is 9.88 Å². The number of anilines is 1. The van der Waals surface area contributed by atoms with Crippen molar-refractivity contribution >= 4 is 44.8 Å². The zero-order valence-electron chi connectivity index (χ0n) is 13.0. The molecule has 0 saturated heterocycles. The van der Waals surface area contributed by atoms with E-state index in [1.165, 1.54) is 12.1 Å². The molecule has 0 radical (unpaired) electrons. The molecule has 124 valence electrons. The molecule has 7 heteroatoms. The number of rotatable bonds is 3. The van der Waals surface area contributed by atoms with Crippen LogP contribution in [-0.4, -0.2) is 18.9 Å². The van der Waals surface area contributed by atoms with Crippen molar-refractivity contribution < 1.29 is 13.2 Å². The van der Waals surface area contributed by atoms with Crippen LogP contribution in [0, 0.1) is 6.92 Å². The Labute approximate surface area is 145 Å². The molecule has 5 nitrogen and oxygen atoms in total. The molecule has 0 unspecified atom stereocenters. The Morgan fingerprint density at radius 3 is 2.42 bits per heavy atom. The minimum atomic E-state index is -2.63. The highest BCUT2D eigenvalue weighted by atomic mass is 35.5. The minimum absolute atomic E-state index is 0.204. The first kappa shape index (κ1) is 16.5. The number of nitrogens with one attached hydrogen (secondary N) is 1. The maximum Gasteiger partial charge on any atom is 0.272 e. The van der Waals surface area contributed by atoms with E-state index in [1.54, 1.807) is 29.8 Å². The van der Waals surface area contributed by atoms with E-state index in [1.807, 2.05) is 19.1 Å². The summed E-state index contributed by atoms with van der Waals surface area (Å²) in [5.41, 5.74) is 2.81. The van der Waals surface area contributed by atoms with Crippen molar-refractivity contribution in [2.75, 3.05) is 5.32 Å². The van der Waals surface area contributed by atoms with Crippen LogP contribution in [0.15, 0.2) is 47.4 Å². The molecule has 0 spiro atoms. The molecule has 0 bridgehead atoms. The number of nitrogens with zero attached hydrogens (tertiary/aromatic N) is 1. The Hall–Kier alpha value is -2.31. The molecule has 3 rings (SSSR count). The lowest BCUT2D eigenvalue weighted by Crippen LogP contribution is -2.15. The van der Waals surface area contributed by atoms with Gasteiger partial charge in [0.1, 0.15) is 5.69 Å². The molecule has 1 N–H and O–H groups in total. The maximum absolute atomic E-state index is 12.5. The van der Waals surface area contributed by atoms with Gasteiger partial charge in [-0.25, -0.2) is 8.42 Å². The highest BCUT2D eigenvalue weighted by molar-refractivity contribution is 7.72. The van der Waals surface area contributed by atoms with Gasteiger partial charge in [-0.3, -0.25) is 4.79 Å². The number of carbonyl (C=O) groups is 1. The predicted octanol–water partition coefficient (Wildman–Crippen LogP) is 3.36. The van der Waals surface area contributed by atoms with Crippen molar-refractivity contribution in [3.8, 4) is 0 Å². The zero-order valence-corrected chi connectivity index (χ0v) is 14.7. The first-order valence-electron chi connectivity index (χ1n) is 7.19. The van der Waals surface area contributed by atoms with Crippen molar-refractivity contribution in [2.24, 2.45) is 7.05 Å². The highest BCUT2D eigenvalue weighted by Crippen LogP contribution is 2.29. The standard InChI is InChI=1S/C17H15ClN2O3S/c1-10-3-8-14-13(16(10)18)9-15(20(14)2)17(21)19-11-4-6-12(7-5-11)24(22)23/h3-9,24H,1-2H3,(H,19,21). The third kappa shape index (κ3) is 2.90. The molecule has 1 aromatic heterocycles. The van der Waals surface area contributed by atoms with Crippen molar-refractivity contribution in [2.45, 2.75) is 11.8 Å². The summed E-state index contributed by atoms with van der Waals surface area (Å²) in [6.45, 7) is 1.91. The molecule has 1 heterocycles. The number of hydrogen-bond acceptors (Lipinski definition) is 3. The smallest absolute Gasteiger partial charge is 0.272 e. The monoisotopic (exact) mass is 362 g/mol. The molecule has 0 aliphatic carbocycles. The third-order valence-electron chi connectivity index (χ3n) is 3.92. The van der Waals surface area contributed by atoms with E-state index in [-0.39, 0.29) is 10.8 Å². The van der Waals surface area contributed by atoms with Crippen LogP contribution in [0.25, 0.3) is 10.9 Å². The molecule has 0 atom stereocenters. The summed E-state index contributed by atoms with van der Waals surface area (Å²) in [7, 11) is -0.830. The van der Waals surface area contributed by atoms with Crippen LogP contribution >= 0.6 is 11.6 Å². The van der Waals surface area contributed by atoms with Crippen LogP contribution in [0.5, 0.6) is 0 Å². The summed E-state index contributed by atoms with van der Waals surface area (Å²) < 4.78 is 23.6. The van der Waals surface area contributed by atoms with E-state index in [0.717, 1.165) is 16.5 Å². The van der Waals surface area contributed by atoms with Gasteiger partial charge in [-0.05, 0) is 48.9 Å². The van der Waals surface area contributed by atoms with E-state index in [4.69, 9.17) is 11.6 Å². The van der Waals surface area contributed by atoms with Crippen molar-refractivity contribution in [3.63, 3.8) is 0 Å². The van der Waals surface area contributed by atoms with Gasteiger partial charge in [-0.15, -0.1) is 0 Å². The van der Waals surface area contributed by atoms with Crippen LogP contribution in [-0.2, 0) is 17.8 Å². The van der Waals surface area contributed by atoms with Gasteiger partial charge in [0.25, 0.3) is 5.91 Å². The predicted molar refractivity (Wildman–Crippen MR) is 95.6 cm³/mol. The molecular weight excluding hydrogens is 348 g/mol. The molecule has 24 heavy (non-hydrogen) atoms. The Morgan fingerprint density at radius 2 is 1.79 bits per heavy atom. The van der Waals surface area contributed by atoms with E-state index in [9.17, 15) is 13.2 Å². The van der Waals surface area contributed by atoms with Gasteiger partial charge in [0.15, 0.2) is 10.7 Å². The summed E-state index contributed by atoms with van der Waals surface area (Å²) >= 11 is 6.32. The van der Waals surface area contributed by atoms with Gasteiger partial charge in [0.2, 0.25) is 0 Å². The van der Waals surface area contributed by atoms with Crippen LogP contribution < -0.4 is 5.32 Å². The second kappa shape index (κ2) is 6.30. The van der Waals surface area contributed by atoms with Crippen molar-refractivity contribution in [3.05, 3.63) is 58.7 Å². The van der Waals surface area contributed by atoms with E-state index in [0.29, 0.717) is 16.4 Å². The SMILES string of the molecule is Cc1ccc2c(cc(C(=O)Nc3ccc([SH](=O)=O)cc3)n2C)c1Cl. The summed E-state index contributed by atoms with van der Waals surface area (Å²) in [5, 5.41) is 4.21. The number of thiol groups is 1. The molecule has 3 aromatic rings. The Morgan fingerprint density at radius 1 is 1.12 bits per heavy atom. The molecular formula is C17H15ClN2O3S. The number of carbonyl (C=O) groups excluding carboxylic acids is 1. The number of hydrogen-bond donors (Lipinski definition) is 2. The summed E-state index contributed by atoms with van der Waals surface area (Å²) in [6, 6.07) is 11.6. The molecule has 2 aromatic carbocycles. The van der Waals surface area contributed by atoms with E-state index in [2.05, 4.69) is 5.32 Å². The number of amides is 1. The average Bonchev–Trinajstić information content (AvgIpc) is 2.89. The van der Waals surface area contributed by atoms with Crippen molar-refractivity contribution in [1.82, 2.24) is 4.57 Å². The fourth-order valence-corrected chi connectivity index (χ4v) is 3.17. The second-order valence-electron chi connectivity index (χ2n) is 5.48. The van der Waals surface area contributed by atoms with E-state index >= 15 is 0 Å². The summed E-state index contributed by atoms with van der Waals surface area (Å²) in [5.74, 6) is -0.290. The van der Waals surface area contributed by atoms with E-state index < -0.39 is 10.7 Å². The lowest BCUT2D eigenvalue weighted by Gasteiger charge is -2.07. The van der Waals surface area contributed by atoms with Crippen LogP contribution in [0.3, 0.4) is 0 Å². The maximum atomic E-state index is 12.5. The quantitative estimate of drug-likeness (QED) is 0.702. The number of aromatic nitrogens is 1. The number of benzene rings is 2. The van der Waals surface area contributed by atoms with Crippen LogP contribution in [0.2, 0.25) is 5.02 Å². The van der Waals surface area contributed by atoms with Gasteiger partial charge in [-0.2, -0.15) is 0 Å². The fourth-order valence-electron chi connectivity index (χ4n) is 2.56. The topological polar surface area (TPSA) is 68.2 Å². The lowest BCUT2D eigenvalue weighted by molar-refractivity contribution is 0.101. The Bertz CT molecular complexity index is 1010. The largest absolute Gasteiger partial charge is 0.340 e. The minimum Gasteiger partial charge on any atom is -0.340 e. The lowest BCUT2D eigenvalue weighted by atomic mass is 10.2. The van der Waals surface area contributed by atoms with Crippen molar-refractivity contribution in [1.29, 1.82) is 0 Å². The summed E-state index contributed by atoms with van der Waals surface area (Å²) in [6.07, 6.45) is 0. The van der Waals surface area contributed by atoms with Crippen LogP contribution in [0.4, 0.5) is 5.69 Å². The first-order valence-corrected chi connectivity index (χ1v) is 8.74. The number of halogens is 1. The first-order chi connectivity index (χ1) is 11.4. The Balaban J connectivity index is 1.94. The molecule has 1 amide bonds. The van der Waals surface area contributed by atoms with Gasteiger partial charge in [-0.1, -0.05) is 17.7 Å². The molecule has 0 saturated carbocycles. The molecule has 0 aliphatic heterocycles. The van der Waals surface area contributed by atoms with Gasteiger partial charge >= 0.3 is 0 Å². The third-order valence-corrected chi connectivity index (χ3v) is 5.14. The molecule has 0 fully saturated rings. The van der Waals surface area contributed by atoms with Gasteiger partial charge in [0.05, 0.1) is 9.92 Å². The van der Waals surface area contributed by atoms with Crippen LogP contribution in [0.1, 0.15) is 16.1 Å². The Kier molecular flexibility index (Phi) is 4.34. The normalized spacial score (nSPS) is 11.2. The van der Waals surface area contributed by atoms with Gasteiger partial charge in [0, 0.05) is 23.6 Å². The zero-order chi connectivity index (χ0) is 17.4. The highest BCUT2D eigenvalue weighted by Gasteiger charge is 2.16. The molecule has 0 aliphatic rings. The summed E-state index contributed by atoms with van der Waals surface area (Å²) in [4.78, 5) is 12.7. The average molecular weight is 363 g/mol.